The molecule has 1 N–H and O–H groups in total. The molecule has 0 atom stereocenters. The molecule has 1 aromatic rings. The van der Waals surface area contributed by atoms with Crippen LogP contribution in [0.2, 0.25) is 0 Å². The maximum atomic E-state index is 11.9. The van der Waals surface area contributed by atoms with Gasteiger partial charge in [0.1, 0.15) is 0 Å². The average molecular weight is 295 g/mol. The summed E-state index contributed by atoms with van der Waals surface area (Å²) >= 11 is 0. The third-order valence-electron chi connectivity index (χ3n) is 4.07. The molecule has 1 aromatic carbocycles. The maximum Gasteiger partial charge on any atom is 0.178 e. The van der Waals surface area contributed by atoms with Gasteiger partial charge in [0, 0.05) is 11.7 Å². The molecule has 0 aliphatic heterocycles. The number of hydrogen-bond acceptors (Lipinski definition) is 3. The van der Waals surface area contributed by atoms with E-state index in [-0.39, 0.29) is 5.75 Å². The largest absolute Gasteiger partial charge is 0.382 e. The topological polar surface area (TPSA) is 46.2 Å². The van der Waals surface area contributed by atoms with Crippen molar-refractivity contribution in [2.75, 3.05) is 11.1 Å². The van der Waals surface area contributed by atoms with Gasteiger partial charge in [-0.05, 0) is 62.3 Å². The highest BCUT2D eigenvalue weighted by atomic mass is 32.2. The predicted molar refractivity (Wildman–Crippen MR) is 83.8 cm³/mol. The van der Waals surface area contributed by atoms with Crippen LogP contribution in [0.3, 0.4) is 0 Å². The van der Waals surface area contributed by atoms with Gasteiger partial charge in [-0.2, -0.15) is 0 Å². The Kier molecular flexibility index (Phi) is 5.08. The monoisotopic (exact) mass is 295 g/mol. The van der Waals surface area contributed by atoms with E-state index in [1.54, 1.807) is 12.1 Å². The number of nitrogens with one attached hydrogen (secondary N) is 1. The van der Waals surface area contributed by atoms with Crippen molar-refractivity contribution in [3.63, 3.8) is 0 Å². The predicted octanol–water partition coefficient (Wildman–Crippen LogP) is 3.86. The summed E-state index contributed by atoms with van der Waals surface area (Å²) in [5, 5.41) is 3.52. The van der Waals surface area contributed by atoms with E-state index in [1.165, 1.54) is 25.7 Å². The lowest BCUT2D eigenvalue weighted by Crippen LogP contribution is -2.25. The minimum Gasteiger partial charge on any atom is -0.382 e. The van der Waals surface area contributed by atoms with Gasteiger partial charge in [-0.15, -0.1) is 0 Å². The fourth-order valence-corrected chi connectivity index (χ4v) is 4.11. The number of anilines is 1. The molecule has 0 bridgehead atoms. The summed E-state index contributed by atoms with van der Waals surface area (Å²) < 4.78 is 23.9. The highest BCUT2D eigenvalue weighted by Crippen LogP contribution is 2.26. The van der Waals surface area contributed by atoms with E-state index in [0.29, 0.717) is 17.4 Å². The SMILES string of the molecule is CCCS(=O)(=O)c1ccc(NC2CCC(C)CC2)cc1. The van der Waals surface area contributed by atoms with Gasteiger partial charge in [0.25, 0.3) is 0 Å². The molecule has 0 amide bonds. The zero-order valence-corrected chi connectivity index (χ0v) is 13.2. The average Bonchev–Trinajstić information content (AvgIpc) is 2.42. The molecular weight excluding hydrogens is 270 g/mol. The van der Waals surface area contributed by atoms with Gasteiger partial charge in [-0.1, -0.05) is 13.8 Å². The van der Waals surface area contributed by atoms with Crippen LogP contribution in [-0.4, -0.2) is 20.2 Å². The summed E-state index contributed by atoms with van der Waals surface area (Å²) in [6, 6.07) is 7.75. The smallest absolute Gasteiger partial charge is 0.178 e. The molecule has 0 heterocycles. The summed E-state index contributed by atoms with van der Waals surface area (Å²) in [6.45, 7) is 4.20. The van der Waals surface area contributed by atoms with E-state index < -0.39 is 9.84 Å². The quantitative estimate of drug-likeness (QED) is 0.897. The molecule has 4 heteroatoms. The van der Waals surface area contributed by atoms with Crippen molar-refractivity contribution in [3.05, 3.63) is 24.3 Å². The third-order valence-corrected chi connectivity index (χ3v) is 6.01. The van der Waals surface area contributed by atoms with Crippen molar-refractivity contribution in [1.82, 2.24) is 0 Å². The first-order chi connectivity index (χ1) is 9.51. The lowest BCUT2D eigenvalue weighted by Gasteiger charge is -2.27. The maximum absolute atomic E-state index is 11.9. The van der Waals surface area contributed by atoms with Crippen molar-refractivity contribution >= 4 is 15.5 Å². The van der Waals surface area contributed by atoms with Gasteiger partial charge < -0.3 is 5.32 Å². The number of benzene rings is 1. The lowest BCUT2D eigenvalue weighted by atomic mass is 9.87. The van der Waals surface area contributed by atoms with Crippen molar-refractivity contribution in [1.29, 1.82) is 0 Å². The van der Waals surface area contributed by atoms with E-state index in [4.69, 9.17) is 0 Å². The van der Waals surface area contributed by atoms with Crippen LogP contribution in [0.15, 0.2) is 29.2 Å². The minimum atomic E-state index is -3.10. The van der Waals surface area contributed by atoms with Crippen LogP contribution in [0.4, 0.5) is 5.69 Å². The Morgan fingerprint density at radius 1 is 1.10 bits per heavy atom. The summed E-state index contributed by atoms with van der Waals surface area (Å²) in [4.78, 5) is 0.433. The van der Waals surface area contributed by atoms with Gasteiger partial charge in [0.2, 0.25) is 0 Å². The first kappa shape index (κ1) is 15.4. The van der Waals surface area contributed by atoms with E-state index in [2.05, 4.69) is 12.2 Å². The molecule has 3 nitrogen and oxygen atoms in total. The van der Waals surface area contributed by atoms with E-state index in [1.807, 2.05) is 19.1 Å². The van der Waals surface area contributed by atoms with E-state index in [0.717, 1.165) is 11.6 Å². The lowest BCUT2D eigenvalue weighted by molar-refractivity contribution is 0.361. The molecule has 112 valence electrons. The molecule has 0 unspecified atom stereocenters. The second-order valence-corrected chi connectivity index (χ2v) is 8.05. The van der Waals surface area contributed by atoms with Gasteiger partial charge >= 0.3 is 0 Å². The zero-order valence-electron chi connectivity index (χ0n) is 12.4. The molecule has 0 aromatic heterocycles. The Hall–Kier alpha value is -1.03. The van der Waals surface area contributed by atoms with Crippen LogP contribution in [0.1, 0.15) is 46.0 Å². The number of hydrogen-bond donors (Lipinski definition) is 1. The Morgan fingerprint density at radius 2 is 1.70 bits per heavy atom. The summed E-state index contributed by atoms with van der Waals surface area (Å²) in [7, 11) is -3.10. The molecule has 1 aliphatic carbocycles. The number of rotatable bonds is 5. The Labute approximate surface area is 122 Å². The van der Waals surface area contributed by atoms with Crippen LogP contribution < -0.4 is 5.32 Å². The van der Waals surface area contributed by atoms with Gasteiger partial charge in [-0.25, -0.2) is 8.42 Å². The van der Waals surface area contributed by atoms with Crippen molar-refractivity contribution in [3.8, 4) is 0 Å². The summed E-state index contributed by atoms with van der Waals surface area (Å²) in [5.74, 6) is 1.06. The highest BCUT2D eigenvalue weighted by Gasteiger charge is 2.18. The van der Waals surface area contributed by atoms with Crippen molar-refractivity contribution < 1.29 is 8.42 Å². The third kappa shape index (κ3) is 3.98. The van der Waals surface area contributed by atoms with Crippen LogP contribution in [-0.2, 0) is 9.84 Å². The molecule has 1 saturated carbocycles. The van der Waals surface area contributed by atoms with E-state index >= 15 is 0 Å². The molecule has 0 radical (unpaired) electrons. The molecule has 1 aliphatic rings. The fraction of sp³-hybridized carbons (Fsp3) is 0.625. The van der Waals surface area contributed by atoms with Crippen LogP contribution in [0.5, 0.6) is 0 Å². The fourth-order valence-electron chi connectivity index (χ4n) is 2.79. The second kappa shape index (κ2) is 6.61. The van der Waals surface area contributed by atoms with Crippen LogP contribution in [0.25, 0.3) is 0 Å². The van der Waals surface area contributed by atoms with Crippen LogP contribution >= 0.6 is 0 Å². The van der Waals surface area contributed by atoms with E-state index in [9.17, 15) is 8.42 Å². The second-order valence-electron chi connectivity index (χ2n) is 5.94. The molecule has 20 heavy (non-hydrogen) atoms. The van der Waals surface area contributed by atoms with Gasteiger partial charge in [0.05, 0.1) is 10.6 Å². The van der Waals surface area contributed by atoms with Crippen LogP contribution in [0, 0.1) is 5.92 Å². The summed E-state index contributed by atoms with van der Waals surface area (Å²) in [5.41, 5.74) is 1.03. The molecule has 2 rings (SSSR count). The standard InChI is InChI=1S/C16H25NO2S/c1-3-12-20(18,19)16-10-8-15(9-11-16)17-14-6-4-13(2)5-7-14/h8-11,13-14,17H,3-7,12H2,1-2H3. The Balaban J connectivity index is 1.98. The first-order valence-corrected chi connectivity index (χ1v) is 9.26. The van der Waals surface area contributed by atoms with Gasteiger partial charge in [-0.3, -0.25) is 0 Å². The minimum absolute atomic E-state index is 0.223. The number of sulfone groups is 1. The highest BCUT2D eigenvalue weighted by molar-refractivity contribution is 7.91. The Morgan fingerprint density at radius 3 is 2.25 bits per heavy atom. The first-order valence-electron chi connectivity index (χ1n) is 7.60. The Bertz CT molecular complexity index is 514. The van der Waals surface area contributed by atoms with Crippen molar-refractivity contribution in [2.24, 2.45) is 5.92 Å². The molecule has 0 saturated heterocycles. The zero-order chi connectivity index (χ0) is 14.6. The summed E-state index contributed by atoms with van der Waals surface area (Å²) in [6.07, 6.45) is 5.62. The normalized spacial score (nSPS) is 23.5. The van der Waals surface area contributed by atoms with Gasteiger partial charge in [0.15, 0.2) is 9.84 Å². The molecule has 1 fully saturated rings. The van der Waals surface area contributed by atoms with Crippen molar-refractivity contribution in [2.45, 2.75) is 56.9 Å². The molecule has 0 spiro atoms. The molecular formula is C16H25NO2S.